The van der Waals surface area contributed by atoms with Crippen molar-refractivity contribution in [1.29, 1.82) is 0 Å². The number of nitrogens with one attached hydrogen (secondary N) is 1. The summed E-state index contributed by atoms with van der Waals surface area (Å²) in [6.45, 7) is 9.05. The first-order valence-electron chi connectivity index (χ1n) is 9.59. The molecule has 0 spiro atoms. The minimum Gasteiger partial charge on any atom is -0.330 e. The van der Waals surface area contributed by atoms with E-state index in [1.54, 1.807) is 4.68 Å². The molecular formula is C21H33Cl2N5O. The number of carbonyl (C=O) groups excluding carboxylic acids is 1. The summed E-state index contributed by atoms with van der Waals surface area (Å²) in [5, 5.41) is 7.52. The van der Waals surface area contributed by atoms with E-state index in [0.29, 0.717) is 24.9 Å². The molecule has 2 heterocycles. The average molecular weight is 442 g/mol. The monoisotopic (exact) mass is 441 g/mol. The van der Waals surface area contributed by atoms with Crippen LogP contribution in [0.2, 0.25) is 0 Å². The SMILES string of the molecule is Cl.Cl.Cn1nc(C(C)(C)C)cc1NC(=O)CN1C[C@@H](CN)[C@H](c2ccccc2)C1. The van der Waals surface area contributed by atoms with E-state index in [1.165, 1.54) is 5.56 Å². The molecule has 3 N–H and O–H groups in total. The van der Waals surface area contributed by atoms with Gasteiger partial charge >= 0.3 is 0 Å². The number of aryl methyl sites for hydroxylation is 1. The van der Waals surface area contributed by atoms with Crippen LogP contribution in [0.3, 0.4) is 0 Å². The number of halogens is 2. The Morgan fingerprint density at radius 1 is 1.21 bits per heavy atom. The predicted molar refractivity (Wildman–Crippen MR) is 123 cm³/mol. The van der Waals surface area contributed by atoms with E-state index < -0.39 is 0 Å². The van der Waals surface area contributed by atoms with Gasteiger partial charge in [0.2, 0.25) is 5.91 Å². The number of likely N-dealkylation sites (tertiary alicyclic amines) is 1. The van der Waals surface area contributed by atoms with E-state index in [0.717, 1.165) is 24.6 Å². The third kappa shape index (κ3) is 6.19. The van der Waals surface area contributed by atoms with Gasteiger partial charge in [0.05, 0.1) is 12.2 Å². The molecule has 0 radical (unpaired) electrons. The maximum atomic E-state index is 12.6. The fourth-order valence-electron chi connectivity index (χ4n) is 3.74. The van der Waals surface area contributed by atoms with Crippen molar-refractivity contribution in [3.63, 3.8) is 0 Å². The lowest BCUT2D eigenvalue weighted by Gasteiger charge is -2.16. The first kappa shape index (κ1) is 25.4. The first-order chi connectivity index (χ1) is 12.8. The molecule has 3 rings (SSSR count). The number of benzene rings is 1. The van der Waals surface area contributed by atoms with Crippen LogP contribution in [0.15, 0.2) is 36.4 Å². The third-order valence-electron chi connectivity index (χ3n) is 5.33. The van der Waals surface area contributed by atoms with Crippen LogP contribution in [-0.4, -0.2) is 46.8 Å². The van der Waals surface area contributed by atoms with Crippen molar-refractivity contribution in [2.24, 2.45) is 18.7 Å². The fraction of sp³-hybridized carbons (Fsp3) is 0.524. The van der Waals surface area contributed by atoms with Crippen LogP contribution in [0.1, 0.15) is 37.9 Å². The molecule has 1 amide bonds. The Balaban J connectivity index is 0.00000210. The molecule has 1 saturated heterocycles. The van der Waals surface area contributed by atoms with E-state index in [9.17, 15) is 4.79 Å². The topological polar surface area (TPSA) is 76.2 Å². The van der Waals surface area contributed by atoms with Crippen LogP contribution in [-0.2, 0) is 17.3 Å². The average Bonchev–Trinajstić information content (AvgIpc) is 3.19. The van der Waals surface area contributed by atoms with Gasteiger partial charge in [-0.05, 0) is 18.0 Å². The predicted octanol–water partition coefficient (Wildman–Crippen LogP) is 3.17. The van der Waals surface area contributed by atoms with Crippen LogP contribution in [0.25, 0.3) is 0 Å². The molecule has 0 aliphatic carbocycles. The summed E-state index contributed by atoms with van der Waals surface area (Å²) >= 11 is 0. The van der Waals surface area contributed by atoms with Gasteiger partial charge in [-0.1, -0.05) is 51.1 Å². The van der Waals surface area contributed by atoms with Gasteiger partial charge in [-0.25, -0.2) is 0 Å². The van der Waals surface area contributed by atoms with Gasteiger partial charge < -0.3 is 11.1 Å². The molecule has 0 saturated carbocycles. The molecule has 8 heteroatoms. The Hall–Kier alpha value is -1.60. The highest BCUT2D eigenvalue weighted by molar-refractivity contribution is 5.91. The fourth-order valence-corrected chi connectivity index (χ4v) is 3.74. The van der Waals surface area contributed by atoms with E-state index in [-0.39, 0.29) is 36.1 Å². The van der Waals surface area contributed by atoms with Crippen LogP contribution in [0.5, 0.6) is 0 Å². The van der Waals surface area contributed by atoms with E-state index in [4.69, 9.17) is 5.73 Å². The molecule has 29 heavy (non-hydrogen) atoms. The zero-order chi connectivity index (χ0) is 19.6. The van der Waals surface area contributed by atoms with Crippen molar-refractivity contribution in [3.8, 4) is 0 Å². The minimum absolute atomic E-state index is 0. The van der Waals surface area contributed by atoms with Crippen LogP contribution in [0.4, 0.5) is 5.82 Å². The van der Waals surface area contributed by atoms with Crippen molar-refractivity contribution < 1.29 is 4.79 Å². The molecule has 1 aliphatic rings. The highest BCUT2D eigenvalue weighted by atomic mass is 35.5. The molecule has 1 aromatic carbocycles. The number of carbonyl (C=O) groups is 1. The summed E-state index contributed by atoms with van der Waals surface area (Å²) in [4.78, 5) is 14.8. The summed E-state index contributed by atoms with van der Waals surface area (Å²) in [5.41, 5.74) is 8.22. The molecule has 1 aromatic heterocycles. The Morgan fingerprint density at radius 2 is 1.86 bits per heavy atom. The van der Waals surface area contributed by atoms with Crippen LogP contribution in [0, 0.1) is 5.92 Å². The van der Waals surface area contributed by atoms with Crippen molar-refractivity contribution in [3.05, 3.63) is 47.7 Å². The number of nitrogens with two attached hydrogens (primary N) is 1. The standard InChI is InChI=1S/C21H31N5O.2ClH/c1-21(2,3)18-10-19(25(4)24-18)23-20(27)14-26-12-16(11-22)17(13-26)15-8-6-5-7-9-15;;/h5-10,16-17H,11-14,22H2,1-4H3,(H,23,27);2*1H/t16-,17+;;/m1../s1. The molecule has 0 unspecified atom stereocenters. The van der Waals surface area contributed by atoms with Gasteiger partial charge in [-0.2, -0.15) is 5.10 Å². The van der Waals surface area contributed by atoms with Gasteiger partial charge in [0.25, 0.3) is 0 Å². The zero-order valence-electron chi connectivity index (χ0n) is 17.6. The summed E-state index contributed by atoms with van der Waals surface area (Å²) < 4.78 is 1.73. The molecule has 2 aromatic rings. The number of amides is 1. The van der Waals surface area contributed by atoms with Crippen molar-refractivity contribution in [1.82, 2.24) is 14.7 Å². The third-order valence-corrected chi connectivity index (χ3v) is 5.33. The smallest absolute Gasteiger partial charge is 0.239 e. The van der Waals surface area contributed by atoms with Crippen molar-refractivity contribution in [2.45, 2.75) is 32.1 Å². The Bertz CT molecular complexity index is 788. The summed E-state index contributed by atoms with van der Waals surface area (Å²) in [6, 6.07) is 12.4. The second kappa shape index (κ2) is 10.4. The van der Waals surface area contributed by atoms with E-state index in [2.05, 4.69) is 60.4 Å². The lowest BCUT2D eigenvalue weighted by atomic mass is 9.89. The zero-order valence-corrected chi connectivity index (χ0v) is 19.2. The van der Waals surface area contributed by atoms with Gasteiger partial charge in [-0.3, -0.25) is 14.4 Å². The highest BCUT2D eigenvalue weighted by Gasteiger charge is 2.33. The molecule has 1 aliphatic heterocycles. The molecule has 2 atom stereocenters. The van der Waals surface area contributed by atoms with Gasteiger partial charge in [-0.15, -0.1) is 24.8 Å². The van der Waals surface area contributed by atoms with Gasteiger partial charge in [0, 0.05) is 37.5 Å². The van der Waals surface area contributed by atoms with E-state index in [1.807, 2.05) is 19.2 Å². The minimum atomic E-state index is -0.0487. The van der Waals surface area contributed by atoms with Gasteiger partial charge in [0.15, 0.2) is 0 Å². The maximum Gasteiger partial charge on any atom is 0.239 e. The Morgan fingerprint density at radius 3 is 2.41 bits per heavy atom. The lowest BCUT2D eigenvalue weighted by Crippen LogP contribution is -2.32. The lowest BCUT2D eigenvalue weighted by molar-refractivity contribution is -0.117. The maximum absolute atomic E-state index is 12.6. The number of aromatic nitrogens is 2. The van der Waals surface area contributed by atoms with Gasteiger partial charge in [0.1, 0.15) is 5.82 Å². The van der Waals surface area contributed by atoms with Crippen molar-refractivity contribution >= 4 is 36.5 Å². The first-order valence-corrected chi connectivity index (χ1v) is 9.59. The van der Waals surface area contributed by atoms with Crippen molar-refractivity contribution in [2.75, 3.05) is 31.5 Å². The van der Waals surface area contributed by atoms with Crippen LogP contribution < -0.4 is 11.1 Å². The largest absolute Gasteiger partial charge is 0.330 e. The highest BCUT2D eigenvalue weighted by Crippen LogP contribution is 2.32. The molecule has 1 fully saturated rings. The Kier molecular flexibility index (Phi) is 9.15. The quantitative estimate of drug-likeness (QED) is 0.746. The molecule has 6 nitrogen and oxygen atoms in total. The molecule has 0 bridgehead atoms. The molecular weight excluding hydrogens is 409 g/mol. The summed E-state index contributed by atoms with van der Waals surface area (Å²) in [6.07, 6.45) is 0. The normalized spacial score (nSPS) is 19.3. The van der Waals surface area contributed by atoms with E-state index >= 15 is 0 Å². The number of hydrogen-bond acceptors (Lipinski definition) is 4. The number of anilines is 1. The number of nitrogens with zero attached hydrogens (tertiary/aromatic N) is 3. The number of rotatable bonds is 5. The summed E-state index contributed by atoms with van der Waals surface area (Å²) in [7, 11) is 1.86. The summed E-state index contributed by atoms with van der Waals surface area (Å²) in [5.74, 6) is 1.49. The molecule has 162 valence electrons. The van der Waals surface area contributed by atoms with Crippen LogP contribution >= 0.6 is 24.8 Å². The Labute approximate surface area is 186 Å². The number of hydrogen-bond donors (Lipinski definition) is 2. The second-order valence-electron chi connectivity index (χ2n) is 8.54. The second-order valence-corrected chi connectivity index (χ2v) is 8.54.